The normalized spacial score (nSPS) is 37.6. The Hall–Kier alpha value is -0.970. The molecule has 3 atom stereocenters. The number of ether oxygens (including phenoxy) is 2. The van der Waals surface area contributed by atoms with E-state index < -0.39 is 5.60 Å². The molecule has 3 heterocycles. The van der Waals surface area contributed by atoms with Crippen LogP contribution in [0.4, 0.5) is 0 Å². The van der Waals surface area contributed by atoms with Crippen molar-refractivity contribution in [3.8, 4) is 0 Å². The van der Waals surface area contributed by atoms with Gasteiger partial charge < -0.3 is 14.6 Å². The maximum absolute atomic E-state index is 10.6. The number of aromatic nitrogens is 1. The molecule has 0 aromatic carbocycles. The highest BCUT2D eigenvalue weighted by Crippen LogP contribution is 2.40. The Bertz CT molecular complexity index is 395. The molecule has 3 unspecified atom stereocenters. The molecule has 2 fully saturated rings. The molecule has 0 aliphatic carbocycles. The van der Waals surface area contributed by atoms with E-state index in [1.165, 1.54) is 0 Å². The van der Waals surface area contributed by atoms with E-state index in [4.69, 9.17) is 9.47 Å². The van der Waals surface area contributed by atoms with Gasteiger partial charge in [-0.25, -0.2) is 0 Å². The number of nitrogens with zero attached hydrogens (tertiary/aromatic N) is 1. The first kappa shape index (κ1) is 10.2. The minimum atomic E-state index is -0.844. The molecule has 0 spiro atoms. The lowest BCUT2D eigenvalue weighted by atomic mass is 9.84. The summed E-state index contributed by atoms with van der Waals surface area (Å²) >= 11 is 0. The minimum Gasteiger partial charge on any atom is -0.385 e. The molecule has 3 rings (SSSR count). The molecule has 86 valence electrons. The third-order valence-electron chi connectivity index (χ3n) is 3.29. The van der Waals surface area contributed by atoms with Gasteiger partial charge in [-0.1, -0.05) is 6.07 Å². The molecule has 2 bridgehead atoms. The lowest BCUT2D eigenvalue weighted by Crippen LogP contribution is -2.39. The van der Waals surface area contributed by atoms with Crippen molar-refractivity contribution in [1.29, 1.82) is 0 Å². The van der Waals surface area contributed by atoms with E-state index in [-0.39, 0.29) is 12.4 Å². The van der Waals surface area contributed by atoms with Crippen molar-refractivity contribution in [2.75, 3.05) is 6.61 Å². The molecule has 1 aromatic rings. The molecule has 16 heavy (non-hydrogen) atoms. The highest BCUT2D eigenvalue weighted by atomic mass is 16.7. The molecule has 1 N–H and O–H groups in total. The summed E-state index contributed by atoms with van der Waals surface area (Å²) in [5.74, 6) is 0. The summed E-state index contributed by atoms with van der Waals surface area (Å²) in [5.41, 5.74) is 1.09. The second kappa shape index (κ2) is 3.52. The number of pyridine rings is 1. The monoisotopic (exact) mass is 221 g/mol. The zero-order valence-electron chi connectivity index (χ0n) is 9.22. The Morgan fingerprint density at radius 1 is 1.44 bits per heavy atom. The number of hydrogen-bond donors (Lipinski definition) is 1. The van der Waals surface area contributed by atoms with Crippen molar-refractivity contribution in [3.05, 3.63) is 29.6 Å². The second-order valence-corrected chi connectivity index (χ2v) is 4.71. The van der Waals surface area contributed by atoms with E-state index in [0.717, 1.165) is 11.1 Å². The van der Waals surface area contributed by atoms with Gasteiger partial charge in [0.25, 0.3) is 0 Å². The largest absolute Gasteiger partial charge is 0.385 e. The van der Waals surface area contributed by atoms with Crippen LogP contribution in [-0.4, -0.2) is 29.1 Å². The van der Waals surface area contributed by atoms with E-state index >= 15 is 0 Å². The Kier molecular flexibility index (Phi) is 2.24. The van der Waals surface area contributed by atoms with Gasteiger partial charge in [0, 0.05) is 30.8 Å². The SMILES string of the molecule is Cc1cncc(C2(O)CC3COC(C2)O3)c1. The average molecular weight is 221 g/mol. The molecule has 4 heteroatoms. The lowest BCUT2D eigenvalue weighted by Gasteiger charge is -2.35. The third-order valence-corrected chi connectivity index (χ3v) is 3.29. The van der Waals surface area contributed by atoms with Crippen molar-refractivity contribution in [1.82, 2.24) is 4.98 Å². The summed E-state index contributed by atoms with van der Waals surface area (Å²) in [5, 5.41) is 10.6. The van der Waals surface area contributed by atoms with Crippen LogP contribution in [0.1, 0.15) is 24.0 Å². The van der Waals surface area contributed by atoms with Crippen molar-refractivity contribution in [2.24, 2.45) is 0 Å². The summed E-state index contributed by atoms with van der Waals surface area (Å²) in [4.78, 5) is 4.13. The molecular weight excluding hydrogens is 206 g/mol. The minimum absolute atomic E-state index is 0.0178. The Morgan fingerprint density at radius 2 is 2.31 bits per heavy atom. The number of aryl methyl sites for hydroxylation is 1. The van der Waals surface area contributed by atoms with Crippen LogP contribution in [0, 0.1) is 6.92 Å². The van der Waals surface area contributed by atoms with Gasteiger partial charge in [-0.3, -0.25) is 4.98 Å². The first-order valence-electron chi connectivity index (χ1n) is 5.57. The molecule has 0 amide bonds. The van der Waals surface area contributed by atoms with Gasteiger partial charge in [0.2, 0.25) is 0 Å². The van der Waals surface area contributed by atoms with E-state index in [1.807, 2.05) is 13.0 Å². The molecule has 0 radical (unpaired) electrons. The first-order valence-corrected chi connectivity index (χ1v) is 5.57. The third kappa shape index (κ3) is 1.63. The summed E-state index contributed by atoms with van der Waals surface area (Å²) < 4.78 is 11.0. The summed E-state index contributed by atoms with van der Waals surface area (Å²) in [6, 6.07) is 1.98. The number of fused-ring (bicyclic) bond motifs is 2. The zero-order valence-corrected chi connectivity index (χ0v) is 9.22. The molecule has 0 saturated carbocycles. The van der Waals surface area contributed by atoms with Crippen LogP contribution in [0.15, 0.2) is 18.5 Å². The number of rotatable bonds is 1. The van der Waals surface area contributed by atoms with Crippen LogP contribution in [0.3, 0.4) is 0 Å². The summed E-state index contributed by atoms with van der Waals surface area (Å²) in [6.45, 7) is 2.57. The van der Waals surface area contributed by atoms with E-state index in [0.29, 0.717) is 19.4 Å². The molecular formula is C12H15NO3. The molecule has 1 aromatic heterocycles. The van der Waals surface area contributed by atoms with Gasteiger partial charge in [0.15, 0.2) is 6.29 Å². The fourth-order valence-electron chi connectivity index (χ4n) is 2.50. The van der Waals surface area contributed by atoms with Gasteiger partial charge in [0.05, 0.1) is 18.3 Å². The van der Waals surface area contributed by atoms with Crippen LogP contribution in [-0.2, 0) is 15.1 Å². The van der Waals surface area contributed by atoms with E-state index in [1.54, 1.807) is 12.4 Å². The van der Waals surface area contributed by atoms with Crippen LogP contribution in [0.5, 0.6) is 0 Å². The smallest absolute Gasteiger partial charge is 0.161 e. The zero-order chi connectivity index (χ0) is 11.2. The van der Waals surface area contributed by atoms with Gasteiger partial charge in [-0.2, -0.15) is 0 Å². The van der Waals surface area contributed by atoms with E-state index in [9.17, 15) is 5.11 Å². The van der Waals surface area contributed by atoms with Crippen LogP contribution in [0.25, 0.3) is 0 Å². The quantitative estimate of drug-likeness (QED) is 0.772. The van der Waals surface area contributed by atoms with Gasteiger partial charge in [-0.05, 0) is 12.5 Å². The first-order chi connectivity index (χ1) is 7.66. The Labute approximate surface area is 94.2 Å². The van der Waals surface area contributed by atoms with Crippen molar-refractivity contribution >= 4 is 0 Å². The molecule has 2 aliphatic heterocycles. The van der Waals surface area contributed by atoms with Crippen molar-refractivity contribution < 1.29 is 14.6 Å². The maximum atomic E-state index is 10.6. The van der Waals surface area contributed by atoms with Crippen molar-refractivity contribution in [3.63, 3.8) is 0 Å². The highest BCUT2D eigenvalue weighted by Gasteiger charge is 2.45. The fraction of sp³-hybridized carbons (Fsp3) is 0.583. The van der Waals surface area contributed by atoms with Gasteiger partial charge in [-0.15, -0.1) is 0 Å². The standard InChI is InChI=1S/C12H15NO3/c1-8-2-9(6-13-5-8)12(14)3-10-7-15-11(4-12)16-10/h2,5-6,10-11,14H,3-4,7H2,1H3. The lowest BCUT2D eigenvalue weighted by molar-refractivity contribution is -0.159. The fourth-order valence-corrected chi connectivity index (χ4v) is 2.50. The molecule has 2 saturated heterocycles. The van der Waals surface area contributed by atoms with Crippen LogP contribution < -0.4 is 0 Å². The Morgan fingerprint density at radius 3 is 3.06 bits per heavy atom. The van der Waals surface area contributed by atoms with Crippen molar-refractivity contribution in [2.45, 2.75) is 37.8 Å². The number of hydrogen-bond acceptors (Lipinski definition) is 4. The van der Waals surface area contributed by atoms with Gasteiger partial charge >= 0.3 is 0 Å². The van der Waals surface area contributed by atoms with Crippen LogP contribution >= 0.6 is 0 Å². The van der Waals surface area contributed by atoms with E-state index in [2.05, 4.69) is 4.98 Å². The molecule has 4 nitrogen and oxygen atoms in total. The summed E-state index contributed by atoms with van der Waals surface area (Å²) in [6.07, 6.45) is 4.37. The average Bonchev–Trinajstić information content (AvgIpc) is 2.59. The predicted octanol–water partition coefficient (Wildman–Crippen LogP) is 1.11. The second-order valence-electron chi connectivity index (χ2n) is 4.71. The Balaban J connectivity index is 1.93. The topological polar surface area (TPSA) is 51.6 Å². The number of aliphatic hydroxyl groups is 1. The molecule has 2 aliphatic rings. The maximum Gasteiger partial charge on any atom is 0.161 e. The van der Waals surface area contributed by atoms with Crippen LogP contribution in [0.2, 0.25) is 0 Å². The highest BCUT2D eigenvalue weighted by molar-refractivity contribution is 5.24. The van der Waals surface area contributed by atoms with Gasteiger partial charge in [0.1, 0.15) is 0 Å². The predicted molar refractivity (Wildman–Crippen MR) is 56.7 cm³/mol. The summed E-state index contributed by atoms with van der Waals surface area (Å²) in [7, 11) is 0.